The first-order chi connectivity index (χ1) is 14.2. The second-order valence-corrected chi connectivity index (χ2v) is 8.38. The fourth-order valence-electron chi connectivity index (χ4n) is 3.14. The highest BCUT2D eigenvalue weighted by molar-refractivity contribution is 5.91. The Morgan fingerprint density at radius 2 is 1.57 bits per heavy atom. The summed E-state index contributed by atoms with van der Waals surface area (Å²) in [5.74, 6) is -2.62. The van der Waals surface area contributed by atoms with Gasteiger partial charge in [0.1, 0.15) is 0 Å². The predicted octanol–water partition coefficient (Wildman–Crippen LogP) is 1.38. The number of nitrogens with two attached hydrogens (primary N) is 1. The molecule has 0 saturated heterocycles. The minimum absolute atomic E-state index is 0.129. The largest absolute Gasteiger partial charge is 0.481 e. The van der Waals surface area contributed by atoms with Gasteiger partial charge < -0.3 is 21.5 Å². The molecule has 0 aromatic carbocycles. The van der Waals surface area contributed by atoms with Gasteiger partial charge >= 0.3 is 5.97 Å². The number of nitrogens with one attached hydrogen (secondary N) is 2. The zero-order valence-corrected chi connectivity index (χ0v) is 17.8. The molecule has 0 radical (unpaired) electrons. The molecule has 2 aliphatic rings. The molecule has 11 heteroatoms. The second-order valence-electron chi connectivity index (χ2n) is 8.38. The average molecular weight is 424 g/mol. The summed E-state index contributed by atoms with van der Waals surface area (Å²) in [6.07, 6.45) is 2.86. The van der Waals surface area contributed by atoms with E-state index in [9.17, 15) is 19.5 Å². The number of carboxylic acids is 1. The van der Waals surface area contributed by atoms with Gasteiger partial charge in [-0.05, 0) is 33.2 Å². The van der Waals surface area contributed by atoms with E-state index in [0.29, 0.717) is 38.9 Å². The summed E-state index contributed by atoms with van der Waals surface area (Å²) in [4.78, 5) is 36.6. The van der Waals surface area contributed by atoms with Crippen LogP contribution in [0, 0.1) is 5.92 Å². The Bertz CT molecular complexity index is 682. The van der Waals surface area contributed by atoms with E-state index in [-0.39, 0.29) is 17.9 Å². The van der Waals surface area contributed by atoms with Crippen LogP contribution < -0.4 is 16.4 Å². The molecule has 0 aromatic heterocycles. The summed E-state index contributed by atoms with van der Waals surface area (Å²) in [5, 5.41) is 30.8. The first-order valence-corrected chi connectivity index (χ1v) is 10.5. The van der Waals surface area contributed by atoms with Crippen molar-refractivity contribution in [2.24, 2.45) is 32.1 Å². The Labute approximate surface area is 176 Å². The van der Waals surface area contributed by atoms with Crippen LogP contribution in [0.3, 0.4) is 0 Å². The lowest BCUT2D eigenvalue weighted by Crippen LogP contribution is -2.42. The third-order valence-electron chi connectivity index (χ3n) is 5.35. The molecule has 0 fully saturated rings. The maximum atomic E-state index is 12.9. The van der Waals surface area contributed by atoms with E-state index in [1.54, 1.807) is 0 Å². The van der Waals surface area contributed by atoms with Gasteiger partial charge in [0.15, 0.2) is 17.1 Å². The zero-order chi connectivity index (χ0) is 22.2. The van der Waals surface area contributed by atoms with Gasteiger partial charge in [-0.25, -0.2) is 0 Å². The average Bonchev–Trinajstić information content (AvgIpc) is 3.59. The number of carbonyl (C=O) groups is 3. The van der Waals surface area contributed by atoms with Crippen molar-refractivity contribution >= 4 is 17.7 Å². The molecule has 0 unspecified atom stereocenters. The van der Waals surface area contributed by atoms with Gasteiger partial charge in [-0.3, -0.25) is 14.4 Å². The van der Waals surface area contributed by atoms with Gasteiger partial charge in [-0.2, -0.15) is 20.5 Å². The number of nitrogens with zero attached hydrogens (tertiary/aromatic N) is 4. The van der Waals surface area contributed by atoms with E-state index in [2.05, 4.69) is 31.1 Å². The van der Waals surface area contributed by atoms with Crippen LogP contribution in [0.2, 0.25) is 0 Å². The van der Waals surface area contributed by atoms with Crippen molar-refractivity contribution in [1.82, 2.24) is 10.6 Å². The van der Waals surface area contributed by atoms with E-state index in [0.717, 1.165) is 12.8 Å². The van der Waals surface area contributed by atoms with Gasteiger partial charge in [0.2, 0.25) is 5.91 Å². The molecule has 0 bridgehead atoms. The van der Waals surface area contributed by atoms with Crippen LogP contribution in [-0.2, 0) is 14.4 Å². The van der Waals surface area contributed by atoms with Crippen LogP contribution in [0.25, 0.3) is 0 Å². The molecule has 2 heterocycles. The molecule has 2 atom stereocenters. The number of rotatable bonds is 17. The van der Waals surface area contributed by atoms with Gasteiger partial charge in [-0.15, -0.1) is 0 Å². The van der Waals surface area contributed by atoms with Crippen LogP contribution in [-0.4, -0.2) is 59.8 Å². The van der Waals surface area contributed by atoms with Crippen molar-refractivity contribution in [1.29, 1.82) is 0 Å². The smallest absolute Gasteiger partial charge is 0.304 e. The third-order valence-corrected chi connectivity index (χ3v) is 5.35. The lowest BCUT2D eigenvalue weighted by atomic mass is 9.92. The van der Waals surface area contributed by atoms with Crippen LogP contribution >= 0.6 is 0 Å². The molecule has 30 heavy (non-hydrogen) atoms. The highest BCUT2D eigenvalue weighted by Crippen LogP contribution is 2.30. The number of carboxylic acid groups (broad SMARTS) is 1. The van der Waals surface area contributed by atoms with E-state index < -0.39 is 35.9 Å². The van der Waals surface area contributed by atoms with Gasteiger partial charge in [0.25, 0.3) is 0 Å². The molecular formula is C19H33N7O4. The van der Waals surface area contributed by atoms with Crippen molar-refractivity contribution in [3.63, 3.8) is 0 Å². The van der Waals surface area contributed by atoms with Crippen LogP contribution in [0.15, 0.2) is 20.5 Å². The Balaban J connectivity index is 1.87. The number of amides is 1. The van der Waals surface area contributed by atoms with Crippen LogP contribution in [0.5, 0.6) is 0 Å². The van der Waals surface area contributed by atoms with Gasteiger partial charge in [0.05, 0.1) is 18.4 Å². The highest BCUT2D eigenvalue weighted by Gasteiger charge is 2.35. The fraction of sp³-hybridized carbons (Fsp3) is 0.842. The predicted molar refractivity (Wildman–Crippen MR) is 109 cm³/mol. The fourth-order valence-corrected chi connectivity index (χ4v) is 3.14. The molecule has 5 N–H and O–H groups in total. The van der Waals surface area contributed by atoms with E-state index in [1.807, 2.05) is 13.8 Å². The number of hydrogen-bond donors (Lipinski definition) is 4. The Morgan fingerprint density at radius 3 is 2.10 bits per heavy atom. The van der Waals surface area contributed by atoms with Crippen molar-refractivity contribution in [3.05, 3.63) is 0 Å². The third kappa shape index (κ3) is 8.62. The lowest BCUT2D eigenvalue weighted by molar-refractivity contribution is -0.142. The maximum Gasteiger partial charge on any atom is 0.304 e. The molecule has 0 aromatic rings. The minimum atomic E-state index is -1.11. The van der Waals surface area contributed by atoms with E-state index in [1.165, 1.54) is 0 Å². The van der Waals surface area contributed by atoms with Crippen molar-refractivity contribution in [2.45, 2.75) is 76.2 Å². The Kier molecular flexibility index (Phi) is 8.54. The molecule has 0 aliphatic carbocycles. The molecule has 1 amide bonds. The van der Waals surface area contributed by atoms with Gasteiger partial charge in [0, 0.05) is 32.4 Å². The minimum Gasteiger partial charge on any atom is -0.481 e. The number of hydrogen-bond acceptors (Lipinski definition) is 9. The quantitative estimate of drug-likeness (QED) is 0.257. The molecule has 2 aliphatic heterocycles. The molecule has 168 valence electrons. The van der Waals surface area contributed by atoms with Crippen molar-refractivity contribution in [3.8, 4) is 0 Å². The molecule has 0 saturated carbocycles. The topological polar surface area (TPSA) is 171 Å². The molecular weight excluding hydrogens is 390 g/mol. The normalized spacial score (nSPS) is 19.2. The molecule has 11 nitrogen and oxygen atoms in total. The number of aliphatic carboxylic acids is 1. The van der Waals surface area contributed by atoms with E-state index in [4.69, 9.17) is 5.73 Å². The monoisotopic (exact) mass is 423 g/mol. The lowest BCUT2D eigenvalue weighted by Gasteiger charge is -2.21. The second kappa shape index (κ2) is 10.7. The summed E-state index contributed by atoms with van der Waals surface area (Å²) in [5.41, 5.74) is 4.75. The first-order valence-electron chi connectivity index (χ1n) is 10.5. The van der Waals surface area contributed by atoms with E-state index >= 15 is 0 Å². The highest BCUT2D eigenvalue weighted by atomic mass is 16.4. The Morgan fingerprint density at radius 1 is 0.967 bits per heavy atom. The van der Waals surface area contributed by atoms with Crippen LogP contribution in [0.1, 0.15) is 58.8 Å². The number of carbonyl (C=O) groups excluding carboxylic acids is 2. The van der Waals surface area contributed by atoms with Gasteiger partial charge in [-0.1, -0.05) is 6.42 Å². The Hall–Kier alpha value is -2.27. The van der Waals surface area contributed by atoms with Crippen molar-refractivity contribution < 1.29 is 19.5 Å². The van der Waals surface area contributed by atoms with Crippen LogP contribution in [0.4, 0.5) is 0 Å². The standard InChI is InChI=1S/C19H33N7O4/c1-18(23-24-18)6-9-21-14(5-3-4-8-20)15(27)11-13(12-16(28)29)17(30)22-10-7-19(2)25-26-19/h13-14,21H,3-12,20H2,1-2H3,(H,22,30)(H,28,29)/t13-,14-/m0/s1. The molecule has 2 rings (SSSR count). The maximum absolute atomic E-state index is 12.9. The summed E-state index contributed by atoms with van der Waals surface area (Å²) in [6.45, 7) is 5.19. The zero-order valence-electron chi connectivity index (χ0n) is 17.8. The number of Topliss-reactive ketones (excluding diaryl/α,β-unsaturated/α-hetero) is 1. The number of unbranched alkanes of at least 4 members (excludes halogenated alkanes) is 1. The summed E-state index contributed by atoms with van der Waals surface area (Å²) in [6, 6.07) is -0.453. The summed E-state index contributed by atoms with van der Waals surface area (Å²) >= 11 is 0. The SMILES string of the molecule is CC1(CCNC(=O)[C@H](CC(=O)O)CC(=O)[C@H](CCCCN)NCCC2(C)N=N2)N=N1. The number of ketones is 1. The van der Waals surface area contributed by atoms with Crippen molar-refractivity contribution in [2.75, 3.05) is 19.6 Å². The first kappa shape index (κ1) is 24.0. The summed E-state index contributed by atoms with van der Waals surface area (Å²) in [7, 11) is 0. The molecule has 0 spiro atoms. The summed E-state index contributed by atoms with van der Waals surface area (Å²) < 4.78 is 0.